The Labute approximate surface area is 130 Å². The van der Waals surface area contributed by atoms with E-state index in [4.69, 9.17) is 4.74 Å². The first kappa shape index (κ1) is 18.3. The second-order valence-electron chi connectivity index (χ2n) is 7.11. The summed E-state index contributed by atoms with van der Waals surface area (Å²) in [5, 5.41) is 3.63. The molecule has 1 heterocycles. The zero-order chi connectivity index (χ0) is 15.7. The summed E-state index contributed by atoms with van der Waals surface area (Å²) >= 11 is 0. The Hall–Kier alpha value is -0.770. The maximum Gasteiger partial charge on any atom is 0.410 e. The molecule has 4 heteroatoms. The van der Waals surface area contributed by atoms with Gasteiger partial charge in [-0.3, -0.25) is 0 Å². The lowest BCUT2D eigenvalue weighted by Crippen LogP contribution is -2.46. The summed E-state index contributed by atoms with van der Waals surface area (Å²) in [6.45, 7) is 10.7. The van der Waals surface area contributed by atoms with Crippen LogP contribution in [0.5, 0.6) is 0 Å². The van der Waals surface area contributed by atoms with Crippen molar-refractivity contribution >= 4 is 6.09 Å². The van der Waals surface area contributed by atoms with Gasteiger partial charge in [-0.1, -0.05) is 32.6 Å². The van der Waals surface area contributed by atoms with E-state index < -0.39 is 5.60 Å². The lowest BCUT2D eigenvalue weighted by atomic mass is 10.0. The second kappa shape index (κ2) is 9.29. The van der Waals surface area contributed by atoms with Crippen LogP contribution in [0.2, 0.25) is 0 Å². The molecule has 0 aromatic carbocycles. The van der Waals surface area contributed by atoms with E-state index in [2.05, 4.69) is 12.2 Å². The van der Waals surface area contributed by atoms with E-state index in [-0.39, 0.29) is 6.09 Å². The molecule has 1 fully saturated rings. The molecule has 1 aliphatic heterocycles. The lowest BCUT2D eigenvalue weighted by Gasteiger charge is -2.33. The normalized spacial score (nSPS) is 17.0. The molecule has 124 valence electrons. The van der Waals surface area contributed by atoms with Crippen molar-refractivity contribution in [1.29, 1.82) is 0 Å². The van der Waals surface area contributed by atoms with Crippen LogP contribution in [0.15, 0.2) is 0 Å². The summed E-state index contributed by atoms with van der Waals surface area (Å²) in [4.78, 5) is 13.8. The number of hydrogen-bond donors (Lipinski definition) is 1. The van der Waals surface area contributed by atoms with Gasteiger partial charge in [-0.05, 0) is 46.6 Å². The summed E-state index contributed by atoms with van der Waals surface area (Å²) in [5.41, 5.74) is -0.398. The molecule has 0 unspecified atom stereocenters. The van der Waals surface area contributed by atoms with Crippen molar-refractivity contribution in [2.75, 3.05) is 19.6 Å². The SMILES string of the molecule is CCCCCCCNC1CCN(C(=O)OC(C)(C)C)CC1. The molecule has 0 aliphatic carbocycles. The molecule has 1 amide bonds. The quantitative estimate of drug-likeness (QED) is 0.724. The zero-order valence-electron chi connectivity index (χ0n) is 14.4. The molecule has 0 bridgehead atoms. The Morgan fingerprint density at radius 2 is 1.76 bits per heavy atom. The van der Waals surface area contributed by atoms with E-state index in [1.165, 1.54) is 32.1 Å². The van der Waals surface area contributed by atoms with Crippen LogP contribution in [0.1, 0.15) is 72.6 Å². The maximum atomic E-state index is 12.0. The summed E-state index contributed by atoms with van der Waals surface area (Å²) in [6, 6.07) is 0.565. The van der Waals surface area contributed by atoms with Crippen molar-refractivity contribution < 1.29 is 9.53 Å². The Balaban J connectivity index is 2.10. The van der Waals surface area contributed by atoms with E-state index >= 15 is 0 Å². The highest BCUT2D eigenvalue weighted by Crippen LogP contribution is 2.15. The Morgan fingerprint density at radius 3 is 2.33 bits per heavy atom. The molecule has 0 saturated carbocycles. The smallest absolute Gasteiger partial charge is 0.410 e. The van der Waals surface area contributed by atoms with Gasteiger partial charge in [0.25, 0.3) is 0 Å². The predicted molar refractivity (Wildman–Crippen MR) is 87.6 cm³/mol. The molecule has 0 aromatic heterocycles. The molecule has 4 nitrogen and oxygen atoms in total. The molecule has 1 aliphatic rings. The van der Waals surface area contributed by atoms with Gasteiger partial charge in [-0.25, -0.2) is 4.79 Å². The van der Waals surface area contributed by atoms with Gasteiger partial charge >= 0.3 is 6.09 Å². The first-order valence-corrected chi connectivity index (χ1v) is 8.63. The van der Waals surface area contributed by atoms with Crippen molar-refractivity contribution in [3.05, 3.63) is 0 Å². The molecule has 0 spiro atoms. The Bertz CT molecular complexity index is 292. The summed E-state index contributed by atoms with van der Waals surface area (Å²) in [7, 11) is 0. The predicted octanol–water partition coefficient (Wildman–Crippen LogP) is 3.95. The molecule has 0 atom stereocenters. The van der Waals surface area contributed by atoms with Crippen molar-refractivity contribution in [3.63, 3.8) is 0 Å². The lowest BCUT2D eigenvalue weighted by molar-refractivity contribution is 0.0198. The summed E-state index contributed by atoms with van der Waals surface area (Å²) in [6.07, 6.45) is 8.52. The molecule has 0 aromatic rings. The zero-order valence-corrected chi connectivity index (χ0v) is 14.4. The fourth-order valence-corrected chi connectivity index (χ4v) is 2.63. The van der Waals surface area contributed by atoms with Crippen LogP contribution in [0.25, 0.3) is 0 Å². The standard InChI is InChI=1S/C17H34N2O2/c1-5-6-7-8-9-12-18-15-10-13-19(14-11-15)16(20)21-17(2,3)4/h15,18H,5-14H2,1-4H3. The van der Waals surface area contributed by atoms with E-state index in [1.807, 2.05) is 25.7 Å². The van der Waals surface area contributed by atoms with Gasteiger partial charge in [0.15, 0.2) is 0 Å². The van der Waals surface area contributed by atoms with Crippen molar-refractivity contribution in [2.24, 2.45) is 0 Å². The highest BCUT2D eigenvalue weighted by atomic mass is 16.6. The largest absolute Gasteiger partial charge is 0.444 e. The third-order valence-corrected chi connectivity index (χ3v) is 3.86. The van der Waals surface area contributed by atoms with Gasteiger partial charge in [-0.2, -0.15) is 0 Å². The van der Waals surface area contributed by atoms with E-state index in [0.29, 0.717) is 6.04 Å². The molecule has 1 N–H and O–H groups in total. The fourth-order valence-electron chi connectivity index (χ4n) is 2.63. The van der Waals surface area contributed by atoms with Crippen LogP contribution >= 0.6 is 0 Å². The van der Waals surface area contributed by atoms with Gasteiger partial charge in [0.1, 0.15) is 5.60 Å². The van der Waals surface area contributed by atoms with Crippen LogP contribution in [0.4, 0.5) is 4.79 Å². The minimum Gasteiger partial charge on any atom is -0.444 e. The molecule has 0 radical (unpaired) electrons. The molecule has 1 rings (SSSR count). The topological polar surface area (TPSA) is 41.6 Å². The van der Waals surface area contributed by atoms with Crippen LogP contribution in [-0.4, -0.2) is 42.3 Å². The first-order chi connectivity index (χ1) is 9.92. The molecule has 21 heavy (non-hydrogen) atoms. The van der Waals surface area contributed by atoms with Crippen molar-refractivity contribution in [1.82, 2.24) is 10.2 Å². The van der Waals surface area contributed by atoms with Gasteiger partial charge < -0.3 is 15.0 Å². The van der Waals surface area contributed by atoms with E-state index in [9.17, 15) is 4.79 Å². The van der Waals surface area contributed by atoms with Gasteiger partial charge in [0.2, 0.25) is 0 Å². The minimum absolute atomic E-state index is 0.166. The second-order valence-corrected chi connectivity index (χ2v) is 7.11. The molecular weight excluding hydrogens is 264 g/mol. The number of hydrogen-bond acceptors (Lipinski definition) is 3. The number of carbonyl (C=O) groups is 1. The fraction of sp³-hybridized carbons (Fsp3) is 0.941. The van der Waals surface area contributed by atoms with Crippen LogP contribution in [0, 0.1) is 0 Å². The van der Waals surface area contributed by atoms with Crippen LogP contribution in [-0.2, 0) is 4.74 Å². The maximum absolute atomic E-state index is 12.0. The number of ether oxygens (including phenoxy) is 1. The number of nitrogens with one attached hydrogen (secondary N) is 1. The summed E-state index contributed by atoms with van der Waals surface area (Å²) < 4.78 is 5.42. The monoisotopic (exact) mass is 298 g/mol. The van der Waals surface area contributed by atoms with Crippen molar-refractivity contribution in [2.45, 2.75) is 84.3 Å². The molecule has 1 saturated heterocycles. The van der Waals surface area contributed by atoms with Crippen LogP contribution in [0.3, 0.4) is 0 Å². The third kappa shape index (κ3) is 8.30. The highest BCUT2D eigenvalue weighted by Gasteiger charge is 2.26. The number of rotatable bonds is 7. The minimum atomic E-state index is -0.398. The number of carbonyl (C=O) groups excluding carboxylic acids is 1. The average molecular weight is 298 g/mol. The number of piperidine rings is 1. The van der Waals surface area contributed by atoms with Gasteiger partial charge in [0, 0.05) is 19.1 Å². The Morgan fingerprint density at radius 1 is 1.14 bits per heavy atom. The third-order valence-electron chi connectivity index (χ3n) is 3.86. The number of unbranched alkanes of at least 4 members (excludes halogenated alkanes) is 4. The Kier molecular flexibility index (Phi) is 8.09. The van der Waals surface area contributed by atoms with Gasteiger partial charge in [-0.15, -0.1) is 0 Å². The van der Waals surface area contributed by atoms with Crippen molar-refractivity contribution in [3.8, 4) is 0 Å². The number of nitrogens with zero attached hydrogens (tertiary/aromatic N) is 1. The number of likely N-dealkylation sites (tertiary alicyclic amines) is 1. The first-order valence-electron chi connectivity index (χ1n) is 8.63. The van der Waals surface area contributed by atoms with E-state index in [0.717, 1.165) is 32.5 Å². The average Bonchev–Trinajstić information content (AvgIpc) is 2.41. The van der Waals surface area contributed by atoms with Crippen LogP contribution < -0.4 is 5.32 Å². The number of amides is 1. The van der Waals surface area contributed by atoms with E-state index in [1.54, 1.807) is 0 Å². The van der Waals surface area contributed by atoms with Gasteiger partial charge in [0.05, 0.1) is 0 Å². The highest BCUT2D eigenvalue weighted by molar-refractivity contribution is 5.68. The molecular formula is C17H34N2O2. The summed E-state index contributed by atoms with van der Waals surface area (Å²) in [5.74, 6) is 0.